The Morgan fingerprint density at radius 2 is 1.61 bits per heavy atom. The van der Waals surface area contributed by atoms with E-state index in [9.17, 15) is 0 Å². The van der Waals surface area contributed by atoms with Gasteiger partial charge in [0.25, 0.3) is 0 Å². The molecule has 56 heavy (non-hydrogen) atoms. The molecule has 4 aromatic carbocycles. The number of benzene rings is 4. The lowest BCUT2D eigenvalue weighted by Crippen LogP contribution is -2.40. The number of hydrogen-bond donors (Lipinski definition) is 0. The fourth-order valence-corrected chi connectivity index (χ4v) is 9.53. The lowest BCUT2D eigenvalue weighted by atomic mass is 9.54. The van der Waals surface area contributed by atoms with Crippen molar-refractivity contribution < 1.29 is 0 Å². The van der Waals surface area contributed by atoms with Gasteiger partial charge in [-0.25, -0.2) is 9.97 Å². The summed E-state index contributed by atoms with van der Waals surface area (Å²) < 4.78 is 0. The lowest BCUT2D eigenvalue weighted by Gasteiger charge is -2.49. The first-order valence-corrected chi connectivity index (χ1v) is 19.8. The van der Waals surface area contributed by atoms with Crippen LogP contribution < -0.4 is 10.4 Å². The van der Waals surface area contributed by atoms with Gasteiger partial charge in [-0.2, -0.15) is 0 Å². The van der Waals surface area contributed by atoms with E-state index in [1.165, 1.54) is 39.0 Å². The number of allylic oxidation sites excluding steroid dienone is 16. The summed E-state index contributed by atoms with van der Waals surface area (Å²) in [5.41, 5.74) is 13.9. The van der Waals surface area contributed by atoms with Gasteiger partial charge >= 0.3 is 0 Å². The molecule has 0 aliphatic heterocycles. The molecule has 272 valence electrons. The van der Waals surface area contributed by atoms with Crippen LogP contribution in [0.5, 0.6) is 0 Å². The number of pyridine rings is 2. The fourth-order valence-electron chi connectivity index (χ4n) is 9.53. The van der Waals surface area contributed by atoms with Gasteiger partial charge in [-0.05, 0) is 94.7 Å². The van der Waals surface area contributed by atoms with Gasteiger partial charge in [0.05, 0.1) is 22.2 Å². The van der Waals surface area contributed by atoms with Crippen LogP contribution in [0.1, 0.15) is 39.8 Å². The molecule has 3 aliphatic carbocycles. The fraction of sp³-hybridized carbons (Fsp3) is 0.148. The zero-order chi connectivity index (χ0) is 38.4. The van der Waals surface area contributed by atoms with Crippen molar-refractivity contribution in [2.75, 3.05) is 0 Å². The van der Waals surface area contributed by atoms with Crippen LogP contribution in [0.25, 0.3) is 62.1 Å². The highest BCUT2D eigenvalue weighted by atomic mass is 14.8. The Hall–Kier alpha value is -6.38. The van der Waals surface area contributed by atoms with Crippen molar-refractivity contribution in [3.8, 4) is 11.1 Å². The van der Waals surface area contributed by atoms with Crippen LogP contribution in [-0.4, -0.2) is 9.97 Å². The van der Waals surface area contributed by atoms with Gasteiger partial charge in [0.15, 0.2) is 0 Å². The zero-order valence-electron chi connectivity index (χ0n) is 32.6. The molecule has 0 saturated carbocycles. The topological polar surface area (TPSA) is 25.8 Å². The summed E-state index contributed by atoms with van der Waals surface area (Å²) in [6.07, 6.45) is 26.4. The molecule has 2 heterocycles. The van der Waals surface area contributed by atoms with E-state index >= 15 is 0 Å². The first-order valence-electron chi connectivity index (χ1n) is 19.8. The van der Waals surface area contributed by atoms with E-state index in [4.69, 9.17) is 9.97 Å². The van der Waals surface area contributed by atoms with Gasteiger partial charge in [0.1, 0.15) is 0 Å². The molecule has 0 N–H and O–H groups in total. The summed E-state index contributed by atoms with van der Waals surface area (Å²) in [7, 11) is 0. The Bertz CT molecular complexity index is 2940. The van der Waals surface area contributed by atoms with Crippen molar-refractivity contribution in [2.24, 2.45) is 17.3 Å². The number of aromatic nitrogens is 2. The minimum absolute atomic E-state index is 0.189. The van der Waals surface area contributed by atoms with Crippen LogP contribution in [0.4, 0.5) is 0 Å². The molecule has 2 heteroatoms. The molecule has 0 fully saturated rings. The van der Waals surface area contributed by atoms with Crippen LogP contribution in [0.15, 0.2) is 192 Å². The molecule has 2 unspecified atom stereocenters. The standard InChI is InChI=1S/C54H46N2/c1-6-17-46-37(4)50(36(3)28-29-38-19-11-10-18-35(38)2)43-24-12-14-26-47(43)54(46,5)42-23-16-22-41(34-42)48-33-31-40-30-32-45-51(39-20-8-7-9-21-39)44-25-13-15-27-49(44)56-53(45)52(40)55-48/h6-22,24-34,42,47H,2,23H2,1,3-5H3/b17-6-,36-28+,38-29-/t42?,47?,54-/m0/s1. The Balaban J connectivity index is 1.17. The van der Waals surface area contributed by atoms with Gasteiger partial charge in [0.2, 0.25) is 0 Å². The molecule has 2 aromatic heterocycles. The minimum atomic E-state index is -0.189. The molecule has 0 bridgehead atoms. The summed E-state index contributed by atoms with van der Waals surface area (Å²) in [5, 5.41) is 5.54. The largest absolute Gasteiger partial charge is 0.246 e. The Kier molecular flexibility index (Phi) is 9.06. The molecule has 0 amide bonds. The minimum Gasteiger partial charge on any atom is -0.246 e. The van der Waals surface area contributed by atoms with Gasteiger partial charge in [-0.3, -0.25) is 0 Å². The van der Waals surface area contributed by atoms with Crippen LogP contribution in [0.3, 0.4) is 0 Å². The predicted octanol–water partition coefficient (Wildman–Crippen LogP) is 12.4. The maximum atomic E-state index is 5.45. The van der Waals surface area contributed by atoms with Crippen molar-refractivity contribution in [3.05, 3.63) is 208 Å². The average molecular weight is 723 g/mol. The summed E-state index contributed by atoms with van der Waals surface area (Å²) in [6.45, 7) is 13.5. The van der Waals surface area contributed by atoms with E-state index in [1.807, 2.05) is 6.07 Å². The van der Waals surface area contributed by atoms with Crippen molar-refractivity contribution in [2.45, 2.75) is 34.1 Å². The van der Waals surface area contributed by atoms with Crippen LogP contribution in [0, 0.1) is 17.3 Å². The first-order chi connectivity index (χ1) is 27.4. The third-order valence-corrected chi connectivity index (χ3v) is 12.3. The molecule has 9 rings (SSSR count). The van der Waals surface area contributed by atoms with E-state index in [0.29, 0.717) is 0 Å². The van der Waals surface area contributed by atoms with Crippen LogP contribution in [-0.2, 0) is 0 Å². The predicted molar refractivity (Wildman–Crippen MR) is 239 cm³/mol. The normalized spacial score (nSPS) is 21.5. The Labute approximate surface area is 330 Å². The highest BCUT2D eigenvalue weighted by Gasteiger charge is 2.47. The third kappa shape index (κ3) is 5.88. The van der Waals surface area contributed by atoms with Gasteiger partial charge < -0.3 is 0 Å². The number of para-hydroxylation sites is 1. The van der Waals surface area contributed by atoms with E-state index < -0.39 is 0 Å². The maximum Gasteiger partial charge on any atom is 0.0978 e. The molecule has 6 aromatic rings. The van der Waals surface area contributed by atoms with Crippen LogP contribution >= 0.6 is 0 Å². The van der Waals surface area contributed by atoms with Gasteiger partial charge in [-0.15, -0.1) is 0 Å². The number of hydrogen-bond acceptors (Lipinski definition) is 2. The molecule has 0 saturated heterocycles. The number of rotatable bonds is 6. The molecule has 0 radical (unpaired) electrons. The van der Waals surface area contributed by atoms with Crippen molar-refractivity contribution in [1.82, 2.24) is 9.97 Å². The second-order valence-electron chi connectivity index (χ2n) is 15.6. The highest BCUT2D eigenvalue weighted by molar-refractivity contribution is 6.16. The van der Waals surface area contributed by atoms with Crippen molar-refractivity contribution in [1.29, 1.82) is 0 Å². The molecule has 3 aliphatic rings. The molecule has 0 spiro atoms. The van der Waals surface area contributed by atoms with E-state index in [2.05, 4.69) is 198 Å². The molecule has 2 nitrogen and oxygen atoms in total. The van der Waals surface area contributed by atoms with Gasteiger partial charge in [0, 0.05) is 33.1 Å². The van der Waals surface area contributed by atoms with Crippen LogP contribution in [0.2, 0.25) is 0 Å². The summed E-state index contributed by atoms with van der Waals surface area (Å²) in [5.74, 6) is 0.448. The third-order valence-electron chi connectivity index (χ3n) is 12.3. The summed E-state index contributed by atoms with van der Waals surface area (Å²) in [4.78, 5) is 10.7. The number of nitrogens with zero attached hydrogens (tertiary/aromatic N) is 2. The highest BCUT2D eigenvalue weighted by Crippen LogP contribution is 2.57. The van der Waals surface area contributed by atoms with E-state index in [-0.39, 0.29) is 17.3 Å². The zero-order valence-corrected chi connectivity index (χ0v) is 32.6. The Morgan fingerprint density at radius 1 is 0.821 bits per heavy atom. The SMILES string of the molecule is C=c1cccc/c1=C/C=C(\C)C1=C2C=CC=CC2[C@@](C)(C2C=C(c3ccc4ccc5c(-c6ccccc6)c6ccccc6nc5c4n3)C=CC2)C(/C=C\C)=C1C. The maximum absolute atomic E-state index is 5.45. The lowest BCUT2D eigenvalue weighted by molar-refractivity contribution is 0.231. The Morgan fingerprint density at radius 3 is 2.45 bits per heavy atom. The van der Waals surface area contributed by atoms with Gasteiger partial charge in [-0.1, -0.05) is 171 Å². The summed E-state index contributed by atoms with van der Waals surface area (Å²) in [6, 6.07) is 36.3. The number of fused-ring (bicyclic) bond motifs is 5. The molecular weight excluding hydrogens is 677 g/mol. The monoisotopic (exact) mass is 722 g/mol. The smallest absolute Gasteiger partial charge is 0.0978 e. The second kappa shape index (κ2) is 14.4. The van der Waals surface area contributed by atoms with Crippen molar-refractivity contribution in [3.63, 3.8) is 0 Å². The second-order valence-corrected chi connectivity index (χ2v) is 15.6. The van der Waals surface area contributed by atoms with Crippen molar-refractivity contribution >= 4 is 50.9 Å². The first kappa shape index (κ1) is 35.3. The molecular formula is C54H46N2. The quantitative estimate of drug-likeness (QED) is 0.126. The summed E-state index contributed by atoms with van der Waals surface area (Å²) >= 11 is 0. The van der Waals surface area contributed by atoms with E-state index in [1.54, 1.807) is 0 Å². The van der Waals surface area contributed by atoms with E-state index in [0.717, 1.165) is 60.8 Å². The molecule has 3 atom stereocenters. The average Bonchev–Trinajstić information content (AvgIpc) is 3.24.